The van der Waals surface area contributed by atoms with Crippen LogP contribution in [0.3, 0.4) is 0 Å². The first kappa shape index (κ1) is 17.4. The summed E-state index contributed by atoms with van der Waals surface area (Å²) < 4.78 is 8.13. The Bertz CT molecular complexity index is 765. The van der Waals surface area contributed by atoms with Crippen molar-refractivity contribution in [3.63, 3.8) is 0 Å². The number of nitrogens with one attached hydrogen (secondary N) is 1. The lowest BCUT2D eigenvalue weighted by atomic mass is 10.0. The average Bonchev–Trinajstić information content (AvgIpc) is 3.05. The van der Waals surface area contributed by atoms with Gasteiger partial charge in [-0.25, -0.2) is 9.97 Å². The van der Waals surface area contributed by atoms with Crippen LogP contribution >= 0.6 is 0 Å². The number of aromatic nitrogens is 3. The SMILES string of the molecule is CCN1CCO[C@@H](CNc2ccc(C#N)c(C)n2)[C@@H]1c1cncn1C. The molecule has 2 aromatic heterocycles. The van der Waals surface area contributed by atoms with Crippen LogP contribution in [0.5, 0.6) is 0 Å². The van der Waals surface area contributed by atoms with E-state index in [-0.39, 0.29) is 12.1 Å². The molecule has 0 aliphatic carbocycles. The van der Waals surface area contributed by atoms with Gasteiger partial charge < -0.3 is 14.6 Å². The van der Waals surface area contributed by atoms with Crippen LogP contribution in [-0.2, 0) is 11.8 Å². The van der Waals surface area contributed by atoms with E-state index in [2.05, 4.69) is 37.7 Å². The minimum atomic E-state index is 0.00171. The lowest BCUT2D eigenvalue weighted by Gasteiger charge is -2.40. The smallest absolute Gasteiger partial charge is 0.126 e. The van der Waals surface area contributed by atoms with Crippen LogP contribution in [-0.4, -0.2) is 51.8 Å². The Kier molecular flexibility index (Phi) is 5.31. The van der Waals surface area contributed by atoms with Crippen molar-refractivity contribution in [2.75, 3.05) is 31.6 Å². The third-order valence-electron chi connectivity index (χ3n) is 4.71. The van der Waals surface area contributed by atoms with Gasteiger partial charge in [0.25, 0.3) is 0 Å². The number of nitriles is 1. The second kappa shape index (κ2) is 7.64. The summed E-state index contributed by atoms with van der Waals surface area (Å²) in [5.74, 6) is 0.762. The predicted molar refractivity (Wildman–Crippen MR) is 95.1 cm³/mol. The maximum Gasteiger partial charge on any atom is 0.126 e. The van der Waals surface area contributed by atoms with Crippen molar-refractivity contribution in [1.29, 1.82) is 5.26 Å². The number of ether oxygens (including phenoxy) is 1. The predicted octanol–water partition coefficient (Wildman–Crippen LogP) is 1.87. The Hall–Kier alpha value is -2.43. The van der Waals surface area contributed by atoms with Crippen LogP contribution in [0.15, 0.2) is 24.7 Å². The van der Waals surface area contributed by atoms with E-state index in [1.165, 1.54) is 0 Å². The van der Waals surface area contributed by atoms with Gasteiger partial charge in [-0.3, -0.25) is 4.90 Å². The van der Waals surface area contributed by atoms with Crippen molar-refractivity contribution in [2.24, 2.45) is 7.05 Å². The maximum absolute atomic E-state index is 9.02. The van der Waals surface area contributed by atoms with Gasteiger partial charge in [0.1, 0.15) is 11.9 Å². The zero-order valence-electron chi connectivity index (χ0n) is 14.9. The fraction of sp³-hybridized carbons (Fsp3) is 0.500. The standard InChI is InChI=1S/C18H24N6O/c1-4-24-7-8-25-16(18(24)15-10-20-12-23(15)3)11-21-17-6-5-14(9-19)13(2)22-17/h5-6,10,12,16,18H,4,7-8,11H2,1-3H3,(H,21,22)/t16-,18-/m0/s1. The van der Waals surface area contributed by atoms with Gasteiger partial charge in [-0.05, 0) is 25.6 Å². The highest BCUT2D eigenvalue weighted by atomic mass is 16.5. The number of rotatable bonds is 5. The summed E-state index contributed by atoms with van der Waals surface area (Å²) in [5.41, 5.74) is 2.48. The summed E-state index contributed by atoms with van der Waals surface area (Å²) in [5, 5.41) is 12.4. The number of anilines is 1. The molecule has 7 nitrogen and oxygen atoms in total. The molecule has 1 aliphatic rings. The van der Waals surface area contributed by atoms with E-state index in [0.717, 1.165) is 30.3 Å². The quantitative estimate of drug-likeness (QED) is 0.895. The van der Waals surface area contributed by atoms with Gasteiger partial charge in [-0.2, -0.15) is 5.26 Å². The first-order valence-corrected chi connectivity index (χ1v) is 8.57. The molecule has 0 bridgehead atoms. The summed E-state index contributed by atoms with van der Waals surface area (Å²) in [6, 6.07) is 5.93. The number of hydrogen-bond donors (Lipinski definition) is 1. The Labute approximate surface area is 148 Å². The zero-order valence-corrected chi connectivity index (χ0v) is 14.9. The number of imidazole rings is 1. The Morgan fingerprint density at radius 1 is 1.44 bits per heavy atom. The van der Waals surface area contributed by atoms with Crippen molar-refractivity contribution in [3.05, 3.63) is 41.6 Å². The van der Waals surface area contributed by atoms with Crippen LogP contribution in [0.4, 0.5) is 5.82 Å². The molecule has 1 fully saturated rings. The molecule has 2 atom stereocenters. The van der Waals surface area contributed by atoms with Crippen molar-refractivity contribution in [3.8, 4) is 6.07 Å². The summed E-state index contributed by atoms with van der Waals surface area (Å²) in [6.45, 7) is 7.25. The normalized spacial score (nSPS) is 21.0. The molecule has 3 rings (SSSR count). The Morgan fingerprint density at radius 2 is 2.28 bits per heavy atom. The molecule has 0 aromatic carbocycles. The third kappa shape index (κ3) is 3.65. The molecule has 0 saturated carbocycles. The minimum Gasteiger partial charge on any atom is -0.373 e. The molecule has 7 heteroatoms. The highest BCUT2D eigenvalue weighted by Crippen LogP contribution is 2.29. The molecule has 1 N–H and O–H groups in total. The molecule has 0 unspecified atom stereocenters. The van der Waals surface area contributed by atoms with E-state index in [1.54, 1.807) is 6.07 Å². The van der Waals surface area contributed by atoms with Crippen LogP contribution in [0.2, 0.25) is 0 Å². The number of pyridine rings is 1. The number of hydrogen-bond acceptors (Lipinski definition) is 6. The second-order valence-electron chi connectivity index (χ2n) is 6.23. The molecule has 25 heavy (non-hydrogen) atoms. The highest BCUT2D eigenvalue weighted by molar-refractivity contribution is 5.43. The van der Waals surface area contributed by atoms with Crippen LogP contribution in [0, 0.1) is 18.3 Å². The van der Waals surface area contributed by atoms with Crippen LogP contribution in [0.1, 0.15) is 29.9 Å². The molecule has 0 amide bonds. The van der Waals surface area contributed by atoms with E-state index in [0.29, 0.717) is 18.7 Å². The summed E-state index contributed by atoms with van der Waals surface area (Å²) in [7, 11) is 2.01. The van der Waals surface area contributed by atoms with Crippen molar-refractivity contribution < 1.29 is 4.74 Å². The lowest BCUT2D eigenvalue weighted by Crippen LogP contribution is -2.48. The van der Waals surface area contributed by atoms with Gasteiger partial charge in [-0.15, -0.1) is 0 Å². The topological polar surface area (TPSA) is 79.0 Å². The van der Waals surface area contributed by atoms with E-state index in [1.807, 2.05) is 32.6 Å². The van der Waals surface area contributed by atoms with Gasteiger partial charge in [0.15, 0.2) is 0 Å². The molecule has 132 valence electrons. The molecular formula is C18H24N6O. The third-order valence-corrected chi connectivity index (χ3v) is 4.71. The number of aryl methyl sites for hydroxylation is 2. The lowest BCUT2D eigenvalue weighted by molar-refractivity contribution is -0.0661. The number of likely N-dealkylation sites (N-methyl/N-ethyl adjacent to an activating group) is 1. The minimum absolute atomic E-state index is 0.00171. The van der Waals surface area contributed by atoms with Gasteiger partial charge in [0, 0.05) is 26.3 Å². The molecule has 2 aromatic rings. The van der Waals surface area contributed by atoms with Gasteiger partial charge in [-0.1, -0.05) is 6.92 Å². The zero-order chi connectivity index (χ0) is 17.8. The largest absolute Gasteiger partial charge is 0.373 e. The van der Waals surface area contributed by atoms with E-state index in [4.69, 9.17) is 10.00 Å². The summed E-state index contributed by atoms with van der Waals surface area (Å²) in [6.07, 6.45) is 3.74. The first-order valence-electron chi connectivity index (χ1n) is 8.57. The van der Waals surface area contributed by atoms with Crippen molar-refractivity contribution >= 4 is 5.82 Å². The van der Waals surface area contributed by atoms with Crippen LogP contribution < -0.4 is 5.32 Å². The molecule has 0 spiro atoms. The molecular weight excluding hydrogens is 316 g/mol. The summed E-state index contributed by atoms with van der Waals surface area (Å²) in [4.78, 5) is 11.1. The maximum atomic E-state index is 9.02. The molecule has 1 aliphatic heterocycles. The first-order chi connectivity index (χ1) is 12.1. The second-order valence-corrected chi connectivity index (χ2v) is 6.23. The summed E-state index contributed by atoms with van der Waals surface area (Å²) >= 11 is 0. The fourth-order valence-corrected chi connectivity index (χ4v) is 3.32. The molecule has 1 saturated heterocycles. The van der Waals surface area contributed by atoms with Crippen LogP contribution in [0.25, 0.3) is 0 Å². The highest BCUT2D eigenvalue weighted by Gasteiger charge is 2.34. The average molecular weight is 340 g/mol. The van der Waals surface area contributed by atoms with E-state index >= 15 is 0 Å². The number of nitrogens with zero attached hydrogens (tertiary/aromatic N) is 5. The van der Waals surface area contributed by atoms with E-state index in [9.17, 15) is 0 Å². The fourth-order valence-electron chi connectivity index (χ4n) is 3.32. The molecule has 0 radical (unpaired) electrons. The Morgan fingerprint density at radius 3 is 2.92 bits per heavy atom. The van der Waals surface area contributed by atoms with Gasteiger partial charge in [0.05, 0.1) is 42.0 Å². The van der Waals surface area contributed by atoms with E-state index < -0.39 is 0 Å². The Balaban J connectivity index is 1.76. The van der Waals surface area contributed by atoms with Crippen molar-refractivity contribution in [2.45, 2.75) is 26.0 Å². The van der Waals surface area contributed by atoms with Gasteiger partial charge >= 0.3 is 0 Å². The monoisotopic (exact) mass is 340 g/mol. The molecule has 3 heterocycles. The van der Waals surface area contributed by atoms with Gasteiger partial charge in [0.2, 0.25) is 0 Å². The van der Waals surface area contributed by atoms with Crippen molar-refractivity contribution in [1.82, 2.24) is 19.4 Å². The number of morpholine rings is 1.